The zero-order valence-electron chi connectivity index (χ0n) is 17.5. The minimum Gasteiger partial charge on any atom is -0.504 e. The van der Waals surface area contributed by atoms with Gasteiger partial charge in [-0.05, 0) is 60.5 Å². The van der Waals surface area contributed by atoms with Crippen LogP contribution in [0.1, 0.15) is 32.7 Å². The molecule has 0 aliphatic carbocycles. The molecule has 2 N–H and O–H groups in total. The molecule has 0 spiro atoms. The van der Waals surface area contributed by atoms with Gasteiger partial charge in [-0.15, -0.1) is 0 Å². The second-order valence-corrected chi connectivity index (χ2v) is 6.99. The molecule has 0 saturated carbocycles. The van der Waals surface area contributed by atoms with Crippen molar-refractivity contribution in [1.82, 2.24) is 0 Å². The van der Waals surface area contributed by atoms with Crippen LogP contribution in [-0.4, -0.2) is 36.5 Å². The highest BCUT2D eigenvalue weighted by atomic mass is 16.5. The quantitative estimate of drug-likeness (QED) is 0.391. The number of ketones is 1. The lowest BCUT2D eigenvalue weighted by Crippen LogP contribution is -2.15. The number of hydrogen-bond acceptors (Lipinski definition) is 6. The van der Waals surface area contributed by atoms with Crippen LogP contribution in [0.25, 0.3) is 0 Å². The van der Waals surface area contributed by atoms with Gasteiger partial charge in [0.1, 0.15) is 0 Å². The Bertz CT molecular complexity index is 1090. The van der Waals surface area contributed by atoms with Gasteiger partial charge in [-0.25, -0.2) is 0 Å². The Kier molecular flexibility index (Phi) is 7.59. The molecular formula is C25H23NO6. The molecule has 3 aromatic carbocycles. The van der Waals surface area contributed by atoms with Gasteiger partial charge < -0.3 is 19.9 Å². The number of carbonyl (C=O) groups excluding carboxylic acids is 3. The standard InChI is InChI=1S/C25H23NO6/c1-31-23-13-7-17(15-21(23)27)8-14-24(29)32-16-22(28)18-9-11-20(12-10-18)26-25(30)19-5-3-2-4-6-19/h2-7,9-13,15,27H,8,14,16H2,1H3,(H,26,30). The van der Waals surface area contributed by atoms with Crippen LogP contribution in [0, 0.1) is 0 Å². The van der Waals surface area contributed by atoms with Crippen molar-refractivity contribution in [2.45, 2.75) is 12.8 Å². The molecule has 0 aromatic heterocycles. The molecule has 0 bridgehead atoms. The number of Topliss-reactive ketones (excluding diaryl/α,β-unsaturated/α-hetero) is 1. The Morgan fingerprint density at radius 1 is 0.906 bits per heavy atom. The molecule has 7 nitrogen and oxygen atoms in total. The fraction of sp³-hybridized carbons (Fsp3) is 0.160. The molecule has 0 unspecified atom stereocenters. The number of aryl methyl sites for hydroxylation is 1. The fourth-order valence-corrected chi connectivity index (χ4v) is 2.97. The summed E-state index contributed by atoms with van der Waals surface area (Å²) in [6.45, 7) is -0.373. The van der Waals surface area contributed by atoms with Crippen molar-refractivity contribution in [1.29, 1.82) is 0 Å². The van der Waals surface area contributed by atoms with E-state index in [2.05, 4.69) is 5.32 Å². The van der Waals surface area contributed by atoms with Crippen LogP contribution in [0.15, 0.2) is 72.8 Å². The van der Waals surface area contributed by atoms with Crippen molar-refractivity contribution < 1.29 is 29.0 Å². The molecule has 0 atom stereocenters. The van der Waals surface area contributed by atoms with Crippen LogP contribution >= 0.6 is 0 Å². The number of amides is 1. The summed E-state index contributed by atoms with van der Waals surface area (Å²) < 4.78 is 10.0. The molecule has 0 heterocycles. The molecule has 7 heteroatoms. The molecule has 0 aliphatic heterocycles. The van der Waals surface area contributed by atoms with Crippen molar-refractivity contribution in [3.05, 3.63) is 89.5 Å². The minimum absolute atomic E-state index is 0.00282. The summed E-state index contributed by atoms with van der Waals surface area (Å²) in [5.74, 6) is -0.755. The van der Waals surface area contributed by atoms with Crippen molar-refractivity contribution in [3.63, 3.8) is 0 Å². The van der Waals surface area contributed by atoms with E-state index in [4.69, 9.17) is 9.47 Å². The van der Waals surface area contributed by atoms with Crippen molar-refractivity contribution >= 4 is 23.3 Å². The van der Waals surface area contributed by atoms with Gasteiger partial charge in [0.15, 0.2) is 23.9 Å². The van der Waals surface area contributed by atoms with Crippen LogP contribution in [0.3, 0.4) is 0 Å². The fourth-order valence-electron chi connectivity index (χ4n) is 2.97. The number of carbonyl (C=O) groups is 3. The number of benzene rings is 3. The van der Waals surface area contributed by atoms with E-state index >= 15 is 0 Å². The number of nitrogens with one attached hydrogen (secondary N) is 1. The third kappa shape index (κ3) is 6.18. The first-order valence-electron chi connectivity index (χ1n) is 9.97. The molecule has 3 aromatic rings. The first-order chi connectivity index (χ1) is 15.5. The second-order valence-electron chi connectivity index (χ2n) is 6.99. The number of phenolic OH excluding ortho intramolecular Hbond substituents is 1. The van der Waals surface area contributed by atoms with E-state index in [1.807, 2.05) is 6.07 Å². The van der Waals surface area contributed by atoms with E-state index in [0.29, 0.717) is 29.0 Å². The summed E-state index contributed by atoms with van der Waals surface area (Å²) in [5, 5.41) is 12.5. The van der Waals surface area contributed by atoms with Gasteiger partial charge in [-0.3, -0.25) is 14.4 Å². The maximum Gasteiger partial charge on any atom is 0.306 e. The van der Waals surface area contributed by atoms with Crippen LogP contribution in [0.5, 0.6) is 11.5 Å². The van der Waals surface area contributed by atoms with Crippen molar-refractivity contribution in [2.75, 3.05) is 19.0 Å². The monoisotopic (exact) mass is 433 g/mol. The Morgan fingerprint density at radius 2 is 1.62 bits per heavy atom. The average molecular weight is 433 g/mol. The van der Waals surface area contributed by atoms with Crippen LogP contribution < -0.4 is 10.1 Å². The highest BCUT2D eigenvalue weighted by Crippen LogP contribution is 2.26. The first-order valence-corrected chi connectivity index (χ1v) is 9.97. The van der Waals surface area contributed by atoms with Crippen molar-refractivity contribution in [3.8, 4) is 11.5 Å². The summed E-state index contributed by atoms with van der Waals surface area (Å²) in [7, 11) is 1.46. The topological polar surface area (TPSA) is 102 Å². The molecule has 0 saturated heterocycles. The molecule has 32 heavy (non-hydrogen) atoms. The number of ether oxygens (including phenoxy) is 2. The smallest absolute Gasteiger partial charge is 0.306 e. The maximum atomic E-state index is 12.3. The lowest BCUT2D eigenvalue weighted by atomic mass is 10.1. The highest BCUT2D eigenvalue weighted by Gasteiger charge is 2.12. The van der Waals surface area contributed by atoms with Crippen LogP contribution in [-0.2, 0) is 16.0 Å². The SMILES string of the molecule is COc1ccc(CCC(=O)OCC(=O)c2ccc(NC(=O)c3ccccc3)cc2)cc1O. The number of rotatable bonds is 9. The van der Waals surface area contributed by atoms with Gasteiger partial charge in [-0.2, -0.15) is 0 Å². The van der Waals surface area contributed by atoms with Crippen molar-refractivity contribution in [2.24, 2.45) is 0 Å². The summed E-state index contributed by atoms with van der Waals surface area (Å²) in [6.07, 6.45) is 0.434. The zero-order chi connectivity index (χ0) is 22.9. The van der Waals surface area contributed by atoms with Gasteiger partial charge in [0.25, 0.3) is 5.91 Å². The lowest BCUT2D eigenvalue weighted by molar-refractivity contribution is -0.142. The Morgan fingerprint density at radius 3 is 2.28 bits per heavy atom. The Balaban J connectivity index is 1.45. The highest BCUT2D eigenvalue weighted by molar-refractivity contribution is 6.04. The molecular weight excluding hydrogens is 410 g/mol. The second kappa shape index (κ2) is 10.8. The van der Waals surface area contributed by atoms with E-state index in [1.54, 1.807) is 60.7 Å². The third-order valence-electron chi connectivity index (χ3n) is 4.73. The number of aromatic hydroxyl groups is 1. The van der Waals surface area contributed by atoms with Crippen LogP contribution in [0.4, 0.5) is 5.69 Å². The summed E-state index contributed by atoms with van der Waals surface area (Å²) in [5.41, 5.74) is 2.20. The minimum atomic E-state index is -0.514. The summed E-state index contributed by atoms with van der Waals surface area (Å²) in [4.78, 5) is 36.4. The van der Waals surface area contributed by atoms with E-state index in [9.17, 15) is 19.5 Å². The van der Waals surface area contributed by atoms with Gasteiger partial charge in [-0.1, -0.05) is 24.3 Å². The average Bonchev–Trinajstić information content (AvgIpc) is 2.82. The predicted octanol–water partition coefficient (Wildman–Crippen LogP) is 4.01. The molecule has 164 valence electrons. The Hall–Kier alpha value is -4.13. The summed E-state index contributed by atoms with van der Waals surface area (Å²) >= 11 is 0. The van der Waals surface area contributed by atoms with Crippen LogP contribution in [0.2, 0.25) is 0 Å². The van der Waals surface area contributed by atoms with Gasteiger partial charge in [0.05, 0.1) is 7.11 Å². The number of anilines is 1. The molecule has 0 radical (unpaired) electrons. The number of methoxy groups -OCH3 is 1. The predicted molar refractivity (Wildman–Crippen MR) is 119 cm³/mol. The molecule has 0 fully saturated rings. The van der Waals surface area contributed by atoms with Gasteiger partial charge in [0, 0.05) is 23.2 Å². The normalized spacial score (nSPS) is 10.3. The van der Waals surface area contributed by atoms with E-state index < -0.39 is 5.97 Å². The number of esters is 1. The number of hydrogen-bond donors (Lipinski definition) is 2. The van der Waals surface area contributed by atoms with E-state index in [-0.39, 0.29) is 30.5 Å². The molecule has 1 amide bonds. The van der Waals surface area contributed by atoms with E-state index in [0.717, 1.165) is 5.56 Å². The van der Waals surface area contributed by atoms with E-state index in [1.165, 1.54) is 13.2 Å². The summed E-state index contributed by atoms with van der Waals surface area (Å²) in [6, 6.07) is 20.0. The zero-order valence-corrected chi connectivity index (χ0v) is 17.5. The Labute approximate surface area is 185 Å². The van der Waals surface area contributed by atoms with Gasteiger partial charge in [0.2, 0.25) is 0 Å². The lowest BCUT2D eigenvalue weighted by Gasteiger charge is -2.08. The van der Waals surface area contributed by atoms with Gasteiger partial charge >= 0.3 is 5.97 Å². The maximum absolute atomic E-state index is 12.3. The molecule has 3 rings (SSSR count). The third-order valence-corrected chi connectivity index (χ3v) is 4.73. The first kappa shape index (κ1) is 22.6. The largest absolute Gasteiger partial charge is 0.504 e. The number of phenols is 1. The molecule has 0 aliphatic rings.